The van der Waals surface area contributed by atoms with Crippen molar-refractivity contribution < 1.29 is 4.39 Å². The highest BCUT2D eigenvalue weighted by molar-refractivity contribution is 9.10. The van der Waals surface area contributed by atoms with Crippen LogP contribution in [0.3, 0.4) is 0 Å². The molecule has 1 atom stereocenters. The number of aromatic nitrogens is 1. The van der Waals surface area contributed by atoms with Crippen LogP contribution in [0.15, 0.2) is 41.0 Å². The van der Waals surface area contributed by atoms with Crippen LogP contribution in [0, 0.1) is 12.7 Å². The minimum Gasteiger partial charge on any atom is -0.305 e. The summed E-state index contributed by atoms with van der Waals surface area (Å²) >= 11 is 3.23. The molecule has 1 aromatic carbocycles. The van der Waals surface area contributed by atoms with Crippen molar-refractivity contribution in [3.63, 3.8) is 0 Å². The van der Waals surface area contributed by atoms with Gasteiger partial charge in [-0.3, -0.25) is 4.98 Å². The minimum absolute atomic E-state index is 0.233. The molecule has 2 nitrogen and oxygen atoms in total. The van der Waals surface area contributed by atoms with Crippen molar-refractivity contribution in [2.45, 2.75) is 19.9 Å². The zero-order chi connectivity index (χ0) is 13.8. The largest absolute Gasteiger partial charge is 0.305 e. The molecule has 0 spiro atoms. The fourth-order valence-corrected chi connectivity index (χ4v) is 2.48. The number of rotatable bonds is 4. The first-order chi connectivity index (χ1) is 9.15. The topological polar surface area (TPSA) is 24.9 Å². The Morgan fingerprint density at radius 3 is 2.79 bits per heavy atom. The van der Waals surface area contributed by atoms with Gasteiger partial charge in [0.15, 0.2) is 0 Å². The molecule has 2 rings (SSSR count). The van der Waals surface area contributed by atoms with Crippen molar-refractivity contribution in [1.29, 1.82) is 0 Å². The van der Waals surface area contributed by atoms with Gasteiger partial charge in [0, 0.05) is 11.8 Å². The normalized spacial score (nSPS) is 12.4. The number of nitrogens with one attached hydrogen (secondary N) is 1. The van der Waals surface area contributed by atoms with E-state index in [2.05, 4.69) is 26.2 Å². The van der Waals surface area contributed by atoms with Gasteiger partial charge in [0.25, 0.3) is 0 Å². The average Bonchev–Trinajstić information content (AvgIpc) is 2.41. The fraction of sp³-hybridized carbons (Fsp3) is 0.267. The van der Waals surface area contributed by atoms with E-state index in [9.17, 15) is 4.39 Å². The monoisotopic (exact) mass is 322 g/mol. The smallest absolute Gasteiger partial charge is 0.142 e. The lowest BCUT2D eigenvalue weighted by Gasteiger charge is -2.20. The van der Waals surface area contributed by atoms with E-state index < -0.39 is 0 Å². The van der Waals surface area contributed by atoms with Crippen molar-refractivity contribution in [1.82, 2.24) is 10.3 Å². The summed E-state index contributed by atoms with van der Waals surface area (Å²) in [6, 6.07) is 8.98. The van der Waals surface area contributed by atoms with Crippen molar-refractivity contribution in [2.24, 2.45) is 0 Å². The molecular formula is C15H16BrFN2. The van der Waals surface area contributed by atoms with Crippen molar-refractivity contribution >= 4 is 15.9 Å². The van der Waals surface area contributed by atoms with Gasteiger partial charge in [-0.25, -0.2) is 4.39 Å². The second-order valence-electron chi connectivity index (χ2n) is 4.34. The fourth-order valence-electron chi connectivity index (χ4n) is 2.10. The van der Waals surface area contributed by atoms with Gasteiger partial charge < -0.3 is 5.32 Å². The van der Waals surface area contributed by atoms with Crippen LogP contribution in [0.4, 0.5) is 4.39 Å². The lowest BCUT2D eigenvalue weighted by molar-refractivity contribution is 0.546. The first-order valence-electron chi connectivity index (χ1n) is 6.24. The zero-order valence-electron chi connectivity index (χ0n) is 11.0. The predicted molar refractivity (Wildman–Crippen MR) is 78.6 cm³/mol. The summed E-state index contributed by atoms with van der Waals surface area (Å²) in [5.74, 6) is -0.237. The second kappa shape index (κ2) is 6.26. The molecule has 0 saturated heterocycles. The number of nitrogens with zero attached hydrogens (tertiary/aromatic N) is 1. The molecule has 4 heteroatoms. The molecule has 19 heavy (non-hydrogen) atoms. The zero-order valence-corrected chi connectivity index (χ0v) is 12.5. The third-order valence-corrected chi connectivity index (χ3v) is 3.64. The van der Waals surface area contributed by atoms with E-state index in [0.717, 1.165) is 17.8 Å². The van der Waals surface area contributed by atoms with Crippen molar-refractivity contribution in [3.05, 3.63) is 63.6 Å². The van der Waals surface area contributed by atoms with E-state index in [0.29, 0.717) is 10.0 Å². The molecule has 1 aromatic heterocycles. The molecule has 0 fully saturated rings. The van der Waals surface area contributed by atoms with Gasteiger partial charge in [0.1, 0.15) is 5.82 Å². The van der Waals surface area contributed by atoms with Gasteiger partial charge in [0.05, 0.1) is 16.2 Å². The summed E-state index contributed by atoms with van der Waals surface area (Å²) in [7, 11) is 0. The van der Waals surface area contributed by atoms with Gasteiger partial charge in [-0.15, -0.1) is 0 Å². The Morgan fingerprint density at radius 2 is 2.11 bits per heavy atom. The Bertz CT molecular complexity index is 572. The molecule has 1 unspecified atom stereocenters. The molecule has 100 valence electrons. The number of pyridine rings is 1. The molecule has 0 amide bonds. The van der Waals surface area contributed by atoms with Crippen LogP contribution in [-0.4, -0.2) is 11.5 Å². The first kappa shape index (κ1) is 14.2. The summed E-state index contributed by atoms with van der Waals surface area (Å²) in [4.78, 5) is 4.40. The summed E-state index contributed by atoms with van der Waals surface area (Å²) in [6.45, 7) is 4.73. The highest BCUT2D eigenvalue weighted by Gasteiger charge is 2.20. The number of benzene rings is 1. The Hall–Kier alpha value is -1.26. The summed E-state index contributed by atoms with van der Waals surface area (Å²) in [6.07, 6.45) is 1.74. The number of halogens is 2. The van der Waals surface area contributed by atoms with Crippen LogP contribution in [0.5, 0.6) is 0 Å². The average molecular weight is 323 g/mol. The number of aryl methyl sites for hydroxylation is 1. The van der Waals surface area contributed by atoms with Gasteiger partial charge in [-0.1, -0.05) is 25.1 Å². The van der Waals surface area contributed by atoms with Crippen molar-refractivity contribution in [3.8, 4) is 0 Å². The van der Waals surface area contributed by atoms with E-state index in [1.54, 1.807) is 18.3 Å². The number of hydrogen-bond donors (Lipinski definition) is 1. The SMILES string of the molecule is CCNC(c1cccc(Br)c1F)c1ncccc1C. The molecule has 0 aliphatic carbocycles. The minimum atomic E-state index is -0.237. The van der Waals surface area contributed by atoms with E-state index in [1.807, 2.05) is 32.0 Å². The summed E-state index contributed by atoms with van der Waals surface area (Å²) in [5, 5.41) is 3.30. The molecule has 2 aromatic rings. The third kappa shape index (κ3) is 3.01. The molecule has 0 saturated carbocycles. The highest BCUT2D eigenvalue weighted by atomic mass is 79.9. The highest BCUT2D eigenvalue weighted by Crippen LogP contribution is 2.28. The van der Waals surface area contributed by atoms with Crippen LogP contribution in [0.1, 0.15) is 29.8 Å². The van der Waals surface area contributed by atoms with E-state index in [-0.39, 0.29) is 11.9 Å². The number of hydrogen-bond acceptors (Lipinski definition) is 2. The van der Waals surface area contributed by atoms with Crippen LogP contribution in [0.25, 0.3) is 0 Å². The Kier molecular flexibility index (Phi) is 4.66. The van der Waals surface area contributed by atoms with Crippen LogP contribution < -0.4 is 5.32 Å². The maximum atomic E-state index is 14.3. The maximum Gasteiger partial charge on any atom is 0.142 e. The van der Waals surface area contributed by atoms with Gasteiger partial charge >= 0.3 is 0 Å². The summed E-state index contributed by atoms with van der Waals surface area (Å²) < 4.78 is 14.8. The Labute approximate surface area is 121 Å². The molecule has 0 aliphatic rings. The second-order valence-corrected chi connectivity index (χ2v) is 5.19. The lowest BCUT2D eigenvalue weighted by Crippen LogP contribution is -2.24. The molecule has 0 bridgehead atoms. The molecule has 1 N–H and O–H groups in total. The molecule has 0 aliphatic heterocycles. The van der Waals surface area contributed by atoms with Gasteiger partial charge in [-0.2, -0.15) is 0 Å². The van der Waals surface area contributed by atoms with Crippen LogP contribution in [-0.2, 0) is 0 Å². The lowest BCUT2D eigenvalue weighted by atomic mass is 9.99. The maximum absolute atomic E-state index is 14.3. The van der Waals surface area contributed by atoms with E-state index >= 15 is 0 Å². The first-order valence-corrected chi connectivity index (χ1v) is 7.03. The van der Waals surface area contributed by atoms with Crippen LogP contribution >= 0.6 is 15.9 Å². The molecular weight excluding hydrogens is 307 g/mol. The Morgan fingerprint density at radius 1 is 1.32 bits per heavy atom. The molecule has 0 radical (unpaired) electrons. The van der Waals surface area contributed by atoms with Gasteiger partial charge in [-0.05, 0) is 47.1 Å². The van der Waals surface area contributed by atoms with E-state index in [1.165, 1.54) is 0 Å². The van der Waals surface area contributed by atoms with Crippen LogP contribution in [0.2, 0.25) is 0 Å². The van der Waals surface area contributed by atoms with E-state index in [4.69, 9.17) is 0 Å². The predicted octanol–water partition coefficient (Wildman–Crippen LogP) is 3.99. The summed E-state index contributed by atoms with van der Waals surface area (Å²) in [5.41, 5.74) is 2.52. The quantitative estimate of drug-likeness (QED) is 0.920. The Balaban J connectivity index is 2.52. The van der Waals surface area contributed by atoms with Crippen molar-refractivity contribution in [2.75, 3.05) is 6.54 Å². The molecule has 1 heterocycles. The van der Waals surface area contributed by atoms with Gasteiger partial charge in [0.2, 0.25) is 0 Å². The standard InChI is InChI=1S/C15H16BrFN2/c1-3-18-15(14-10(2)6-5-9-19-14)11-7-4-8-12(16)13(11)17/h4-9,15,18H,3H2,1-2H3. The third-order valence-electron chi connectivity index (χ3n) is 3.02.